The maximum atomic E-state index is 4.35. The Kier molecular flexibility index (Phi) is 4.56. The zero-order valence-electron chi connectivity index (χ0n) is 12.7. The van der Waals surface area contributed by atoms with Gasteiger partial charge in [0.05, 0.1) is 0 Å². The van der Waals surface area contributed by atoms with E-state index in [1.165, 1.54) is 19.3 Å². The Morgan fingerprint density at radius 1 is 1.37 bits per heavy atom. The van der Waals surface area contributed by atoms with Crippen molar-refractivity contribution in [2.75, 3.05) is 7.05 Å². The SMILES string of the molecule is CNC1CCC(C(C)(C)C)CC1Sc1ncnn1C. The standard InChI is InChI=1S/C14H26N4S/c1-14(2,3)10-6-7-11(15-4)12(8-10)19-13-16-9-17-18(13)5/h9-12,15H,6-8H2,1-5H3. The van der Waals surface area contributed by atoms with E-state index in [1.807, 2.05) is 23.5 Å². The lowest BCUT2D eigenvalue weighted by atomic mass is 9.71. The third-order valence-corrected chi connectivity index (χ3v) is 5.72. The van der Waals surface area contributed by atoms with E-state index in [0.717, 1.165) is 11.1 Å². The van der Waals surface area contributed by atoms with Crippen LogP contribution in [0.5, 0.6) is 0 Å². The van der Waals surface area contributed by atoms with Gasteiger partial charge >= 0.3 is 0 Å². The van der Waals surface area contributed by atoms with Gasteiger partial charge in [0.2, 0.25) is 0 Å². The summed E-state index contributed by atoms with van der Waals surface area (Å²) >= 11 is 1.88. The molecule has 3 unspecified atom stereocenters. The molecule has 3 atom stereocenters. The molecule has 1 aliphatic rings. The van der Waals surface area contributed by atoms with Gasteiger partial charge in [0.15, 0.2) is 5.16 Å². The van der Waals surface area contributed by atoms with Gasteiger partial charge in [-0.15, -0.1) is 0 Å². The highest BCUT2D eigenvalue weighted by atomic mass is 32.2. The smallest absolute Gasteiger partial charge is 0.186 e. The van der Waals surface area contributed by atoms with E-state index in [1.54, 1.807) is 6.33 Å². The van der Waals surface area contributed by atoms with Crippen molar-refractivity contribution in [3.05, 3.63) is 6.33 Å². The fraction of sp³-hybridized carbons (Fsp3) is 0.857. The number of hydrogen-bond donors (Lipinski definition) is 1. The molecule has 0 radical (unpaired) electrons. The second-order valence-electron chi connectivity index (χ2n) is 6.59. The molecule has 1 N–H and O–H groups in total. The summed E-state index contributed by atoms with van der Waals surface area (Å²) in [5.41, 5.74) is 0.400. The lowest BCUT2D eigenvalue weighted by Crippen LogP contribution is -2.43. The number of aryl methyl sites for hydroxylation is 1. The Labute approximate surface area is 120 Å². The zero-order valence-corrected chi connectivity index (χ0v) is 13.5. The summed E-state index contributed by atoms with van der Waals surface area (Å²) in [7, 11) is 4.04. The molecule has 1 saturated carbocycles. The molecule has 0 saturated heterocycles. The number of rotatable bonds is 3. The highest BCUT2D eigenvalue weighted by Gasteiger charge is 2.36. The Bertz CT molecular complexity index is 410. The third kappa shape index (κ3) is 3.51. The predicted octanol–water partition coefficient (Wildman–Crippen LogP) is 2.71. The molecule has 1 fully saturated rings. The third-order valence-electron chi connectivity index (χ3n) is 4.31. The summed E-state index contributed by atoms with van der Waals surface area (Å²) in [5, 5.41) is 9.26. The van der Waals surface area contributed by atoms with Gasteiger partial charge in [-0.05, 0) is 37.6 Å². The molecule has 4 nitrogen and oxygen atoms in total. The minimum atomic E-state index is 0.400. The second kappa shape index (κ2) is 5.83. The van der Waals surface area contributed by atoms with Crippen molar-refractivity contribution in [1.82, 2.24) is 20.1 Å². The van der Waals surface area contributed by atoms with Gasteiger partial charge < -0.3 is 5.32 Å². The topological polar surface area (TPSA) is 42.7 Å². The Morgan fingerprint density at radius 3 is 2.63 bits per heavy atom. The van der Waals surface area contributed by atoms with Crippen molar-refractivity contribution >= 4 is 11.8 Å². The Balaban J connectivity index is 2.08. The maximum Gasteiger partial charge on any atom is 0.186 e. The van der Waals surface area contributed by atoms with Crippen LogP contribution >= 0.6 is 11.8 Å². The molecule has 0 spiro atoms. The summed E-state index contributed by atoms with van der Waals surface area (Å²) in [6.07, 6.45) is 5.48. The maximum absolute atomic E-state index is 4.35. The monoisotopic (exact) mass is 282 g/mol. The average Bonchev–Trinajstić information content (AvgIpc) is 2.74. The van der Waals surface area contributed by atoms with Crippen LogP contribution in [0.15, 0.2) is 11.5 Å². The summed E-state index contributed by atoms with van der Waals surface area (Å²) in [5.74, 6) is 0.794. The molecule has 2 rings (SSSR count). The van der Waals surface area contributed by atoms with Crippen LogP contribution in [-0.2, 0) is 7.05 Å². The second-order valence-corrected chi connectivity index (χ2v) is 7.80. The first-order valence-corrected chi connectivity index (χ1v) is 7.97. The number of aromatic nitrogens is 3. The summed E-state index contributed by atoms with van der Waals surface area (Å²) in [6.45, 7) is 7.09. The van der Waals surface area contributed by atoms with E-state index >= 15 is 0 Å². The van der Waals surface area contributed by atoms with Crippen molar-refractivity contribution in [3.63, 3.8) is 0 Å². The number of nitrogens with one attached hydrogen (secondary N) is 1. The number of thioether (sulfide) groups is 1. The fourth-order valence-corrected chi connectivity index (χ4v) is 4.25. The van der Waals surface area contributed by atoms with Crippen LogP contribution in [-0.4, -0.2) is 33.1 Å². The van der Waals surface area contributed by atoms with Gasteiger partial charge in [-0.3, -0.25) is 0 Å². The van der Waals surface area contributed by atoms with E-state index in [0.29, 0.717) is 16.7 Å². The van der Waals surface area contributed by atoms with Gasteiger partial charge in [0.1, 0.15) is 6.33 Å². The summed E-state index contributed by atoms with van der Waals surface area (Å²) in [6, 6.07) is 0.584. The van der Waals surface area contributed by atoms with Crippen molar-refractivity contribution < 1.29 is 0 Å². The number of nitrogens with zero attached hydrogens (tertiary/aromatic N) is 3. The molecule has 1 aliphatic carbocycles. The summed E-state index contributed by atoms with van der Waals surface area (Å²) < 4.78 is 1.87. The molecule has 1 aromatic heterocycles. The van der Waals surface area contributed by atoms with Crippen LogP contribution in [0.25, 0.3) is 0 Å². The van der Waals surface area contributed by atoms with Crippen LogP contribution in [0.1, 0.15) is 40.0 Å². The van der Waals surface area contributed by atoms with Crippen LogP contribution in [0.4, 0.5) is 0 Å². The van der Waals surface area contributed by atoms with E-state index in [9.17, 15) is 0 Å². The van der Waals surface area contributed by atoms with Crippen LogP contribution in [0.2, 0.25) is 0 Å². The molecule has 108 valence electrons. The lowest BCUT2D eigenvalue weighted by molar-refractivity contribution is 0.167. The summed E-state index contributed by atoms with van der Waals surface area (Å²) in [4.78, 5) is 4.35. The minimum Gasteiger partial charge on any atom is -0.316 e. The molecule has 1 aromatic rings. The molecular formula is C14H26N4S. The first-order valence-electron chi connectivity index (χ1n) is 7.09. The zero-order chi connectivity index (χ0) is 14.0. The minimum absolute atomic E-state index is 0.400. The average molecular weight is 282 g/mol. The van der Waals surface area contributed by atoms with Crippen LogP contribution < -0.4 is 5.32 Å². The molecule has 0 aromatic carbocycles. The van der Waals surface area contributed by atoms with Crippen LogP contribution in [0.3, 0.4) is 0 Å². The Morgan fingerprint density at radius 2 is 2.11 bits per heavy atom. The van der Waals surface area contributed by atoms with Crippen LogP contribution in [0, 0.1) is 11.3 Å². The molecule has 1 heterocycles. The molecule has 0 aliphatic heterocycles. The largest absolute Gasteiger partial charge is 0.316 e. The van der Waals surface area contributed by atoms with Gasteiger partial charge in [-0.25, -0.2) is 9.67 Å². The first-order chi connectivity index (χ1) is 8.91. The molecule has 0 bridgehead atoms. The van der Waals surface area contributed by atoms with Crippen molar-refractivity contribution in [1.29, 1.82) is 0 Å². The molecular weight excluding hydrogens is 256 g/mol. The van der Waals surface area contributed by atoms with Gasteiger partial charge in [0.25, 0.3) is 0 Å². The van der Waals surface area contributed by atoms with E-state index in [4.69, 9.17) is 0 Å². The number of hydrogen-bond acceptors (Lipinski definition) is 4. The predicted molar refractivity (Wildman–Crippen MR) is 80.3 cm³/mol. The Hall–Kier alpha value is -0.550. The highest BCUT2D eigenvalue weighted by Crippen LogP contribution is 2.42. The quantitative estimate of drug-likeness (QED) is 0.925. The highest BCUT2D eigenvalue weighted by molar-refractivity contribution is 7.99. The van der Waals surface area contributed by atoms with E-state index < -0.39 is 0 Å². The van der Waals surface area contributed by atoms with Gasteiger partial charge in [-0.1, -0.05) is 32.5 Å². The lowest BCUT2D eigenvalue weighted by Gasteiger charge is -2.41. The van der Waals surface area contributed by atoms with Crippen molar-refractivity contribution in [2.24, 2.45) is 18.4 Å². The normalized spacial score (nSPS) is 28.6. The van der Waals surface area contributed by atoms with E-state index in [2.05, 4.69) is 43.2 Å². The van der Waals surface area contributed by atoms with Gasteiger partial charge in [0, 0.05) is 18.3 Å². The first kappa shape index (κ1) is 14.9. The van der Waals surface area contributed by atoms with Crippen molar-refractivity contribution in [3.8, 4) is 0 Å². The van der Waals surface area contributed by atoms with Crippen molar-refractivity contribution in [2.45, 2.75) is 56.5 Å². The molecule has 5 heteroatoms. The molecule has 19 heavy (non-hydrogen) atoms. The van der Waals surface area contributed by atoms with E-state index in [-0.39, 0.29) is 0 Å². The fourth-order valence-electron chi connectivity index (χ4n) is 2.90. The van der Waals surface area contributed by atoms with Gasteiger partial charge in [-0.2, -0.15) is 5.10 Å². The molecule has 0 amide bonds.